The van der Waals surface area contributed by atoms with E-state index < -0.39 is 0 Å². The van der Waals surface area contributed by atoms with Crippen molar-refractivity contribution in [1.29, 1.82) is 0 Å². The summed E-state index contributed by atoms with van der Waals surface area (Å²) in [7, 11) is 2.16. The van der Waals surface area contributed by atoms with Crippen LogP contribution in [0.5, 0.6) is 0 Å². The highest BCUT2D eigenvalue weighted by Crippen LogP contribution is 2.33. The maximum Gasteiger partial charge on any atom is 0.0472 e. The molecule has 0 N–H and O–H groups in total. The molecule has 2 rings (SSSR count). The summed E-state index contributed by atoms with van der Waals surface area (Å²) >= 11 is 4.55. The Morgan fingerprint density at radius 2 is 1.88 bits per heavy atom. The Balaban J connectivity index is 2.03. The molecule has 1 aliphatic heterocycles. The van der Waals surface area contributed by atoms with Gasteiger partial charge in [0.15, 0.2) is 0 Å². The fraction of sp³-hybridized carbons (Fsp3) is 0.571. The highest BCUT2D eigenvalue weighted by atomic mass is 32.1. The van der Waals surface area contributed by atoms with Crippen molar-refractivity contribution >= 4 is 18.3 Å². The number of thiol groups is 1. The van der Waals surface area contributed by atoms with Crippen LogP contribution in [0.3, 0.4) is 0 Å². The fourth-order valence-corrected chi connectivity index (χ4v) is 2.86. The van der Waals surface area contributed by atoms with E-state index in [-0.39, 0.29) is 0 Å². The number of benzene rings is 1. The third kappa shape index (κ3) is 3.17. The standard InChI is InChI=1S/C14H21NOS/c1-15(13-5-3-2-4-6-13)11-14(12-17)7-9-16-10-8-14/h2-6,17H,7-12H2,1H3. The summed E-state index contributed by atoms with van der Waals surface area (Å²) in [6.45, 7) is 2.82. The van der Waals surface area contributed by atoms with Crippen molar-refractivity contribution in [2.24, 2.45) is 5.41 Å². The third-order valence-corrected chi connectivity index (χ3v) is 4.33. The number of para-hydroxylation sites is 1. The summed E-state index contributed by atoms with van der Waals surface area (Å²) in [6, 6.07) is 10.5. The van der Waals surface area contributed by atoms with Crippen LogP contribution in [-0.2, 0) is 4.74 Å². The molecule has 2 nitrogen and oxygen atoms in total. The highest BCUT2D eigenvalue weighted by molar-refractivity contribution is 7.80. The molecule has 1 aromatic carbocycles. The van der Waals surface area contributed by atoms with Crippen molar-refractivity contribution in [3.8, 4) is 0 Å². The number of ether oxygens (including phenoxy) is 1. The number of hydrogen-bond donors (Lipinski definition) is 1. The Kier molecular flexibility index (Phi) is 4.35. The predicted octanol–water partition coefficient (Wildman–Crippen LogP) is 2.85. The Morgan fingerprint density at radius 3 is 2.47 bits per heavy atom. The van der Waals surface area contributed by atoms with E-state index in [0.29, 0.717) is 5.41 Å². The Morgan fingerprint density at radius 1 is 1.24 bits per heavy atom. The van der Waals surface area contributed by atoms with Gasteiger partial charge in [0.05, 0.1) is 0 Å². The van der Waals surface area contributed by atoms with Gasteiger partial charge < -0.3 is 9.64 Å². The first-order chi connectivity index (χ1) is 8.26. The van der Waals surface area contributed by atoms with E-state index in [0.717, 1.165) is 38.4 Å². The third-order valence-electron chi connectivity index (χ3n) is 3.66. The van der Waals surface area contributed by atoms with Gasteiger partial charge in [-0.05, 0) is 30.7 Å². The molecule has 0 spiro atoms. The maximum atomic E-state index is 5.46. The van der Waals surface area contributed by atoms with E-state index in [9.17, 15) is 0 Å². The SMILES string of the molecule is CN(CC1(CS)CCOCC1)c1ccccc1. The lowest BCUT2D eigenvalue weighted by Crippen LogP contribution is -2.41. The summed E-state index contributed by atoms with van der Waals surface area (Å²) in [5.41, 5.74) is 1.59. The van der Waals surface area contributed by atoms with Crippen LogP contribution in [0.1, 0.15) is 12.8 Å². The van der Waals surface area contributed by atoms with Gasteiger partial charge in [-0.1, -0.05) is 18.2 Å². The summed E-state index contributed by atoms with van der Waals surface area (Å²) in [5, 5.41) is 0. The molecule has 1 fully saturated rings. The molecule has 0 aliphatic carbocycles. The molecule has 0 saturated carbocycles. The Bertz CT molecular complexity index is 335. The predicted molar refractivity (Wildman–Crippen MR) is 76.1 cm³/mol. The molecule has 0 unspecified atom stereocenters. The van der Waals surface area contributed by atoms with Gasteiger partial charge in [-0.25, -0.2) is 0 Å². The van der Waals surface area contributed by atoms with Crippen LogP contribution in [0.4, 0.5) is 5.69 Å². The molecule has 1 heterocycles. The maximum absolute atomic E-state index is 5.46. The van der Waals surface area contributed by atoms with Crippen LogP contribution >= 0.6 is 12.6 Å². The summed E-state index contributed by atoms with van der Waals surface area (Å²) < 4.78 is 5.46. The second-order valence-corrected chi connectivity index (χ2v) is 5.28. The van der Waals surface area contributed by atoms with Crippen LogP contribution < -0.4 is 4.90 Å². The van der Waals surface area contributed by atoms with E-state index in [1.54, 1.807) is 0 Å². The zero-order valence-corrected chi connectivity index (χ0v) is 11.3. The molecule has 0 radical (unpaired) electrons. The molecule has 0 amide bonds. The minimum absolute atomic E-state index is 0.311. The monoisotopic (exact) mass is 251 g/mol. The van der Waals surface area contributed by atoms with Gasteiger partial charge in [-0.15, -0.1) is 0 Å². The summed E-state index contributed by atoms with van der Waals surface area (Å²) in [4.78, 5) is 2.33. The Labute approximate surface area is 109 Å². The van der Waals surface area contributed by atoms with Gasteiger partial charge in [0.25, 0.3) is 0 Å². The molecule has 3 heteroatoms. The molecule has 0 bridgehead atoms. The zero-order valence-electron chi connectivity index (χ0n) is 10.4. The number of hydrogen-bond acceptors (Lipinski definition) is 3. The normalized spacial score (nSPS) is 18.9. The van der Waals surface area contributed by atoms with Crippen molar-refractivity contribution in [2.45, 2.75) is 12.8 Å². The average molecular weight is 251 g/mol. The molecule has 0 atom stereocenters. The number of rotatable bonds is 4. The van der Waals surface area contributed by atoms with Crippen molar-refractivity contribution in [3.63, 3.8) is 0 Å². The largest absolute Gasteiger partial charge is 0.381 e. The highest BCUT2D eigenvalue weighted by Gasteiger charge is 2.32. The molecule has 1 aliphatic rings. The summed E-state index contributed by atoms with van der Waals surface area (Å²) in [5.74, 6) is 0.938. The first-order valence-electron chi connectivity index (χ1n) is 6.21. The quantitative estimate of drug-likeness (QED) is 0.826. The van der Waals surface area contributed by atoms with Crippen LogP contribution in [0, 0.1) is 5.41 Å². The smallest absolute Gasteiger partial charge is 0.0472 e. The van der Waals surface area contributed by atoms with Crippen LogP contribution in [0.2, 0.25) is 0 Å². The molecule has 0 aromatic heterocycles. The van der Waals surface area contributed by atoms with Gasteiger partial charge in [0, 0.05) is 37.9 Å². The first-order valence-corrected chi connectivity index (χ1v) is 6.84. The van der Waals surface area contributed by atoms with Gasteiger partial charge in [-0.2, -0.15) is 12.6 Å². The van der Waals surface area contributed by atoms with Crippen molar-refractivity contribution in [1.82, 2.24) is 0 Å². The Hall–Kier alpha value is -0.670. The first kappa shape index (κ1) is 12.8. The van der Waals surface area contributed by atoms with Crippen LogP contribution in [0.25, 0.3) is 0 Å². The average Bonchev–Trinajstić information content (AvgIpc) is 2.41. The van der Waals surface area contributed by atoms with Crippen molar-refractivity contribution in [2.75, 3.05) is 37.5 Å². The number of anilines is 1. The van der Waals surface area contributed by atoms with Gasteiger partial charge >= 0.3 is 0 Å². The van der Waals surface area contributed by atoms with E-state index in [2.05, 4.69) is 54.9 Å². The molecule has 94 valence electrons. The van der Waals surface area contributed by atoms with Crippen molar-refractivity contribution < 1.29 is 4.74 Å². The van der Waals surface area contributed by atoms with Gasteiger partial charge in [0.1, 0.15) is 0 Å². The molecular weight excluding hydrogens is 230 g/mol. The van der Waals surface area contributed by atoms with Gasteiger partial charge in [-0.3, -0.25) is 0 Å². The lowest BCUT2D eigenvalue weighted by Gasteiger charge is -2.39. The zero-order chi connectivity index (χ0) is 12.1. The molecular formula is C14H21NOS. The molecule has 1 aromatic rings. The van der Waals surface area contributed by atoms with E-state index >= 15 is 0 Å². The lowest BCUT2D eigenvalue weighted by molar-refractivity contribution is 0.0301. The van der Waals surface area contributed by atoms with E-state index in [1.807, 2.05) is 0 Å². The minimum atomic E-state index is 0.311. The topological polar surface area (TPSA) is 12.5 Å². The minimum Gasteiger partial charge on any atom is -0.381 e. The number of nitrogens with zero attached hydrogens (tertiary/aromatic N) is 1. The second-order valence-electron chi connectivity index (χ2n) is 4.96. The van der Waals surface area contributed by atoms with Crippen molar-refractivity contribution in [3.05, 3.63) is 30.3 Å². The molecule has 1 saturated heterocycles. The van der Waals surface area contributed by atoms with E-state index in [1.165, 1.54) is 5.69 Å². The van der Waals surface area contributed by atoms with Crippen LogP contribution in [0.15, 0.2) is 30.3 Å². The van der Waals surface area contributed by atoms with Crippen LogP contribution in [-0.4, -0.2) is 32.6 Å². The van der Waals surface area contributed by atoms with Gasteiger partial charge in [0.2, 0.25) is 0 Å². The fourth-order valence-electron chi connectivity index (χ4n) is 2.45. The summed E-state index contributed by atoms with van der Waals surface area (Å²) in [6.07, 6.45) is 2.24. The lowest BCUT2D eigenvalue weighted by atomic mass is 9.81. The van der Waals surface area contributed by atoms with E-state index in [4.69, 9.17) is 4.74 Å². The second kappa shape index (κ2) is 5.78. The molecule has 17 heavy (non-hydrogen) atoms.